The van der Waals surface area contributed by atoms with Crippen molar-refractivity contribution >= 4 is 5.78 Å². The van der Waals surface area contributed by atoms with E-state index in [4.69, 9.17) is 9.47 Å². The number of benzene rings is 2. The Morgan fingerprint density at radius 2 is 1.67 bits per heavy atom. The Kier molecular flexibility index (Phi) is 5.64. The predicted octanol–water partition coefficient (Wildman–Crippen LogP) is 2.78. The van der Waals surface area contributed by atoms with E-state index >= 15 is 0 Å². The third-order valence-electron chi connectivity index (χ3n) is 7.44. The van der Waals surface area contributed by atoms with Gasteiger partial charge in [0.2, 0.25) is 0 Å². The highest BCUT2D eigenvalue weighted by atomic mass is 16.5. The second-order valence-electron chi connectivity index (χ2n) is 9.29. The molecule has 0 spiro atoms. The van der Waals surface area contributed by atoms with E-state index in [0.29, 0.717) is 17.9 Å². The number of ether oxygens (including phenoxy) is 2. The minimum Gasteiger partial charge on any atom is -0.493 e. The van der Waals surface area contributed by atoms with Gasteiger partial charge >= 0.3 is 0 Å². The summed E-state index contributed by atoms with van der Waals surface area (Å²) in [6.45, 7) is 4.17. The predicted molar refractivity (Wildman–Crippen MR) is 125 cm³/mol. The van der Waals surface area contributed by atoms with E-state index in [9.17, 15) is 9.90 Å². The minimum absolute atomic E-state index is 0.0415. The number of carbonyl (C=O) groups is 1. The monoisotopic (exact) mass is 449 g/mol. The maximum absolute atomic E-state index is 13.6. The van der Waals surface area contributed by atoms with Gasteiger partial charge in [0.15, 0.2) is 17.3 Å². The zero-order valence-corrected chi connectivity index (χ0v) is 19.4. The van der Waals surface area contributed by atoms with Crippen molar-refractivity contribution in [2.24, 2.45) is 5.92 Å². The number of carbonyl (C=O) groups excluding carboxylic acids is 1. The fraction of sp³-hybridized carbons (Fsp3) is 0.423. The molecule has 0 aromatic heterocycles. The number of fused-ring (bicyclic) bond motifs is 1. The highest BCUT2D eigenvalue weighted by Gasteiger charge is 2.49. The van der Waals surface area contributed by atoms with Crippen LogP contribution in [0.4, 0.5) is 0 Å². The van der Waals surface area contributed by atoms with Gasteiger partial charge in [0, 0.05) is 29.5 Å². The van der Waals surface area contributed by atoms with Crippen LogP contribution in [0.3, 0.4) is 0 Å². The van der Waals surface area contributed by atoms with Gasteiger partial charge in [0.25, 0.3) is 0 Å². The first-order valence-electron chi connectivity index (χ1n) is 11.4. The second-order valence-corrected chi connectivity index (χ2v) is 9.29. The van der Waals surface area contributed by atoms with Gasteiger partial charge in [-0.15, -0.1) is 0 Å². The van der Waals surface area contributed by atoms with Gasteiger partial charge in [0.05, 0.1) is 20.4 Å². The third kappa shape index (κ3) is 3.70. The van der Waals surface area contributed by atoms with Crippen LogP contribution in [0, 0.1) is 19.8 Å². The highest BCUT2D eigenvalue weighted by Crippen LogP contribution is 2.48. The Morgan fingerprint density at radius 1 is 0.909 bits per heavy atom. The molecule has 2 aromatic rings. The summed E-state index contributed by atoms with van der Waals surface area (Å²) in [7, 11) is 3.24. The summed E-state index contributed by atoms with van der Waals surface area (Å²) in [5.74, 6) is 1.14. The van der Waals surface area contributed by atoms with Crippen LogP contribution in [0.5, 0.6) is 11.5 Å². The number of allylic oxidation sites excluding steroid dienone is 2. The second kappa shape index (κ2) is 8.48. The zero-order chi connectivity index (χ0) is 23.3. The van der Waals surface area contributed by atoms with Crippen LogP contribution in [-0.4, -0.2) is 37.5 Å². The summed E-state index contributed by atoms with van der Waals surface area (Å²) in [5, 5.41) is 14.2. The lowest BCUT2D eigenvalue weighted by atomic mass is 9.68. The topological polar surface area (TPSA) is 91.9 Å². The number of rotatable bonds is 4. The molecule has 3 aliphatic rings. The smallest absolute Gasteiger partial charge is 0.161 e. The number of nitrogens with one attached hydrogen (secondary N) is 3. The number of methoxy groups -OCH3 is 2. The van der Waals surface area contributed by atoms with Crippen molar-refractivity contribution in [1.82, 2.24) is 16.2 Å². The molecule has 0 radical (unpaired) electrons. The molecule has 1 aliphatic carbocycles. The number of ketones is 1. The quantitative estimate of drug-likeness (QED) is 0.571. The molecule has 5 rings (SSSR count). The van der Waals surface area contributed by atoms with Gasteiger partial charge in [-0.1, -0.05) is 24.3 Å². The molecule has 2 aromatic carbocycles. The van der Waals surface area contributed by atoms with Gasteiger partial charge in [-0.3, -0.25) is 4.79 Å². The molecule has 0 bridgehead atoms. The molecular weight excluding hydrogens is 418 g/mol. The van der Waals surface area contributed by atoms with Crippen molar-refractivity contribution in [1.29, 1.82) is 0 Å². The van der Waals surface area contributed by atoms with E-state index < -0.39 is 6.23 Å². The molecule has 4 N–H and O–H groups in total. The Labute approximate surface area is 194 Å². The normalized spacial score (nSPS) is 28.8. The van der Waals surface area contributed by atoms with Crippen molar-refractivity contribution in [3.05, 3.63) is 69.9 Å². The molecule has 7 nitrogen and oxygen atoms in total. The maximum atomic E-state index is 13.6. The molecule has 1 fully saturated rings. The molecule has 7 heteroatoms. The SMILES string of the molecule is COc1ccc([C@H]2CC(=O)C3=C(C2)NC2NNC(O)C2[C@@H]3c2ccc(C)c(C)c2)cc1OC. The first-order valence-corrected chi connectivity index (χ1v) is 11.4. The minimum atomic E-state index is -0.750. The largest absolute Gasteiger partial charge is 0.493 e. The third-order valence-corrected chi connectivity index (χ3v) is 7.44. The van der Waals surface area contributed by atoms with Gasteiger partial charge < -0.3 is 19.9 Å². The maximum Gasteiger partial charge on any atom is 0.161 e. The number of hydrazine groups is 1. The van der Waals surface area contributed by atoms with Gasteiger partial charge in [-0.2, -0.15) is 0 Å². The van der Waals surface area contributed by atoms with Crippen molar-refractivity contribution in [3.8, 4) is 11.5 Å². The molecular formula is C26H31N3O4. The number of aryl methyl sites for hydroxylation is 2. The van der Waals surface area contributed by atoms with Crippen molar-refractivity contribution in [3.63, 3.8) is 0 Å². The molecule has 33 heavy (non-hydrogen) atoms. The first kappa shape index (κ1) is 21.9. The molecule has 2 aliphatic heterocycles. The fourth-order valence-electron chi connectivity index (χ4n) is 5.55. The highest BCUT2D eigenvalue weighted by molar-refractivity contribution is 5.99. The molecule has 174 valence electrons. The lowest BCUT2D eigenvalue weighted by Crippen LogP contribution is -2.51. The average Bonchev–Trinajstić information content (AvgIpc) is 3.19. The van der Waals surface area contributed by atoms with Gasteiger partial charge in [-0.05, 0) is 60.6 Å². The lowest BCUT2D eigenvalue weighted by molar-refractivity contribution is -0.117. The zero-order valence-electron chi connectivity index (χ0n) is 19.4. The molecule has 0 amide bonds. The van der Waals surface area contributed by atoms with E-state index in [1.54, 1.807) is 14.2 Å². The summed E-state index contributed by atoms with van der Waals surface area (Å²) < 4.78 is 10.9. The van der Waals surface area contributed by atoms with Crippen LogP contribution >= 0.6 is 0 Å². The van der Waals surface area contributed by atoms with E-state index in [1.807, 2.05) is 18.2 Å². The lowest BCUT2D eigenvalue weighted by Gasteiger charge is -2.42. The van der Waals surface area contributed by atoms with Crippen molar-refractivity contribution in [2.75, 3.05) is 14.2 Å². The average molecular weight is 450 g/mol. The van der Waals surface area contributed by atoms with E-state index in [1.165, 1.54) is 11.1 Å². The van der Waals surface area contributed by atoms with E-state index in [-0.39, 0.29) is 29.7 Å². The van der Waals surface area contributed by atoms with Crippen LogP contribution in [-0.2, 0) is 4.79 Å². The van der Waals surface area contributed by atoms with Gasteiger partial charge in [0.1, 0.15) is 6.23 Å². The Morgan fingerprint density at radius 3 is 2.39 bits per heavy atom. The molecule has 2 heterocycles. The Balaban J connectivity index is 1.55. The van der Waals surface area contributed by atoms with Crippen molar-refractivity contribution in [2.45, 2.75) is 50.9 Å². The summed E-state index contributed by atoms with van der Waals surface area (Å²) in [4.78, 5) is 13.6. The Bertz CT molecular complexity index is 1130. The van der Waals surface area contributed by atoms with Gasteiger partial charge in [-0.25, -0.2) is 10.9 Å². The molecule has 3 unspecified atom stereocenters. The summed E-state index contributed by atoms with van der Waals surface area (Å²) in [6.07, 6.45) is 0.228. The van der Waals surface area contributed by atoms with Crippen molar-refractivity contribution < 1.29 is 19.4 Å². The van der Waals surface area contributed by atoms with E-state index in [0.717, 1.165) is 28.8 Å². The summed E-state index contributed by atoms with van der Waals surface area (Å²) in [6, 6.07) is 12.2. The standard InChI is InChI=1S/C26H31N3O4/c1-13-5-6-16(9-14(13)2)22-23-18(27-25-24(22)26(31)29-28-25)10-17(11-19(23)30)15-7-8-20(32-3)21(12-15)33-4/h5-9,12,17,22,24-29,31H,10-11H2,1-4H3/t17-,22-,24?,25?,26?/m1/s1. The molecule has 0 saturated carbocycles. The van der Waals surface area contributed by atoms with Crippen LogP contribution in [0.2, 0.25) is 0 Å². The number of Topliss-reactive ketones (excluding diaryl/α,β-unsaturated/α-hetero) is 1. The fourth-order valence-corrected chi connectivity index (χ4v) is 5.55. The number of hydrogen-bond donors (Lipinski definition) is 4. The summed E-state index contributed by atoms with van der Waals surface area (Å²) in [5.41, 5.74) is 12.4. The number of hydrogen-bond acceptors (Lipinski definition) is 7. The number of aliphatic hydroxyl groups is 1. The van der Waals surface area contributed by atoms with E-state index in [2.05, 4.69) is 48.2 Å². The number of aliphatic hydroxyl groups excluding tert-OH is 1. The van der Waals surface area contributed by atoms with Crippen LogP contribution < -0.4 is 25.6 Å². The molecule has 1 saturated heterocycles. The van der Waals surface area contributed by atoms with Crippen LogP contribution in [0.15, 0.2) is 47.7 Å². The van der Waals surface area contributed by atoms with Crippen LogP contribution in [0.1, 0.15) is 46.9 Å². The first-order chi connectivity index (χ1) is 15.9. The van der Waals surface area contributed by atoms with Crippen LogP contribution in [0.25, 0.3) is 0 Å². The summed E-state index contributed by atoms with van der Waals surface area (Å²) >= 11 is 0. The Hall–Kier alpha value is -2.87. The molecule has 5 atom stereocenters.